The summed E-state index contributed by atoms with van der Waals surface area (Å²) in [4.78, 5) is 38.9. The Bertz CT molecular complexity index is 1790. The third-order valence-electron chi connectivity index (χ3n) is 7.65. The van der Waals surface area contributed by atoms with Crippen molar-refractivity contribution in [2.24, 2.45) is 12.2 Å². The summed E-state index contributed by atoms with van der Waals surface area (Å²) in [6.45, 7) is 4.11. The van der Waals surface area contributed by atoms with Gasteiger partial charge in [-0.3, -0.25) is 9.59 Å². The van der Waals surface area contributed by atoms with Crippen LogP contribution in [0.25, 0.3) is 11.1 Å². The normalized spacial score (nSPS) is 16.3. The number of sulfonamides is 1. The zero-order chi connectivity index (χ0) is 29.6. The Balaban J connectivity index is 1.16. The molecule has 2 aliphatic heterocycles. The smallest absolute Gasteiger partial charge is 0.298 e. The maximum Gasteiger partial charge on any atom is 0.298 e. The summed E-state index contributed by atoms with van der Waals surface area (Å²) in [5, 5.41) is 7.89. The highest BCUT2D eigenvalue weighted by Crippen LogP contribution is 2.38. The fraction of sp³-hybridized carbons (Fsp3) is 0.241. The van der Waals surface area contributed by atoms with Crippen molar-refractivity contribution in [3.8, 4) is 16.9 Å². The number of hydrogen-bond donors (Lipinski definition) is 2. The second kappa shape index (κ2) is 10.6. The lowest BCUT2D eigenvalue weighted by atomic mass is 10.0. The van der Waals surface area contributed by atoms with Crippen LogP contribution in [0.5, 0.6) is 5.75 Å². The van der Waals surface area contributed by atoms with Gasteiger partial charge in [-0.05, 0) is 30.7 Å². The number of benzene rings is 2. The molecule has 2 aromatic heterocycles. The first-order chi connectivity index (χ1) is 20.1. The molecule has 216 valence electrons. The molecule has 0 spiro atoms. The Morgan fingerprint density at radius 3 is 2.50 bits per heavy atom. The molecule has 0 bridgehead atoms. The fourth-order valence-electron chi connectivity index (χ4n) is 5.39. The number of anilines is 3. The average molecular weight is 588 g/mol. The van der Waals surface area contributed by atoms with Gasteiger partial charge in [0.1, 0.15) is 22.9 Å². The van der Waals surface area contributed by atoms with Crippen LogP contribution in [0.4, 0.5) is 17.3 Å². The predicted octanol–water partition coefficient (Wildman–Crippen LogP) is 2.35. The standard InChI is InChI=1S/C29H29N7O5S/c1-18-12-23(19-6-4-3-5-7-19)26(34(18)2)27(37)28(38)33-20-8-9-24-25(13-20)41-17-21-16-35(10-11-36(21)24)29-31-14-22(15-32-29)42(30,39)40/h3-9,12-15,21H,10-11,16-17H2,1-2H3,(H,33,38)(H2,30,39,40)/t21-/m1/s1. The second-order valence-electron chi connectivity index (χ2n) is 10.3. The van der Waals surface area contributed by atoms with Gasteiger partial charge in [0.05, 0.1) is 24.1 Å². The van der Waals surface area contributed by atoms with E-state index in [0.717, 1.165) is 16.9 Å². The topological polar surface area (TPSA) is 153 Å². The van der Waals surface area contributed by atoms with Crippen molar-refractivity contribution >= 4 is 39.0 Å². The summed E-state index contributed by atoms with van der Waals surface area (Å²) < 4.78 is 30.8. The molecular weight excluding hydrogens is 558 g/mol. The molecule has 6 rings (SSSR count). The number of rotatable bonds is 6. The number of nitrogens with two attached hydrogens (primary N) is 1. The van der Waals surface area contributed by atoms with E-state index in [9.17, 15) is 18.0 Å². The van der Waals surface area contributed by atoms with Gasteiger partial charge in [-0.15, -0.1) is 0 Å². The van der Waals surface area contributed by atoms with Crippen LogP contribution in [0, 0.1) is 6.92 Å². The third kappa shape index (κ3) is 5.08. The van der Waals surface area contributed by atoms with Gasteiger partial charge in [-0.2, -0.15) is 0 Å². The van der Waals surface area contributed by atoms with Crippen molar-refractivity contribution in [3.05, 3.63) is 78.4 Å². The van der Waals surface area contributed by atoms with Gasteiger partial charge >= 0.3 is 0 Å². The largest absolute Gasteiger partial charge is 0.489 e. The van der Waals surface area contributed by atoms with Crippen LogP contribution in [-0.2, 0) is 21.9 Å². The van der Waals surface area contributed by atoms with E-state index in [4.69, 9.17) is 9.88 Å². The van der Waals surface area contributed by atoms with E-state index in [1.807, 2.05) is 54.3 Å². The minimum Gasteiger partial charge on any atom is -0.489 e. The van der Waals surface area contributed by atoms with E-state index < -0.39 is 21.7 Å². The van der Waals surface area contributed by atoms with E-state index in [0.29, 0.717) is 54.9 Å². The van der Waals surface area contributed by atoms with E-state index in [1.165, 1.54) is 12.4 Å². The van der Waals surface area contributed by atoms with E-state index in [2.05, 4.69) is 20.2 Å². The first-order valence-electron chi connectivity index (χ1n) is 13.3. The van der Waals surface area contributed by atoms with Gasteiger partial charge in [-0.1, -0.05) is 30.3 Å². The number of amides is 1. The van der Waals surface area contributed by atoms with Crippen molar-refractivity contribution < 1.29 is 22.7 Å². The number of ether oxygens (including phenoxy) is 1. The SMILES string of the molecule is Cc1cc(-c2ccccc2)c(C(=O)C(=O)Nc2ccc3c(c2)OC[C@H]2CN(c4ncc(S(N)(=O)=O)cn4)CCN32)n1C. The number of nitrogens with one attached hydrogen (secondary N) is 1. The maximum absolute atomic E-state index is 13.3. The molecule has 0 saturated carbocycles. The molecule has 1 fully saturated rings. The first-order valence-corrected chi connectivity index (χ1v) is 14.9. The highest BCUT2D eigenvalue weighted by atomic mass is 32.2. The molecule has 0 aliphatic carbocycles. The highest BCUT2D eigenvalue weighted by molar-refractivity contribution is 7.89. The van der Waals surface area contributed by atoms with E-state index in [-0.39, 0.29) is 10.9 Å². The number of piperazine rings is 1. The number of fused-ring (bicyclic) bond motifs is 3. The molecule has 0 radical (unpaired) electrons. The Labute approximate surface area is 242 Å². The Hall–Kier alpha value is -4.75. The fourth-order valence-corrected chi connectivity index (χ4v) is 5.79. The molecule has 3 N–H and O–H groups in total. The molecule has 1 saturated heterocycles. The summed E-state index contributed by atoms with van der Waals surface area (Å²) in [6, 6.07) is 16.8. The molecular formula is C29H29N7O5S. The second-order valence-corrected chi connectivity index (χ2v) is 11.9. The molecule has 13 heteroatoms. The average Bonchev–Trinajstić information content (AvgIpc) is 3.29. The summed E-state index contributed by atoms with van der Waals surface area (Å²) in [6.07, 6.45) is 2.41. The molecule has 2 aliphatic rings. The van der Waals surface area contributed by atoms with E-state index >= 15 is 0 Å². The van der Waals surface area contributed by atoms with Crippen molar-refractivity contribution in [2.45, 2.75) is 17.9 Å². The molecule has 4 heterocycles. The first kappa shape index (κ1) is 27.4. The molecule has 1 atom stereocenters. The molecule has 12 nitrogen and oxygen atoms in total. The van der Waals surface area contributed by atoms with Gasteiger partial charge in [0.25, 0.3) is 11.7 Å². The lowest BCUT2D eigenvalue weighted by Gasteiger charge is -2.45. The van der Waals surface area contributed by atoms with Crippen LogP contribution in [0.3, 0.4) is 0 Å². The van der Waals surface area contributed by atoms with Crippen molar-refractivity contribution in [3.63, 3.8) is 0 Å². The van der Waals surface area contributed by atoms with Crippen LogP contribution in [0.1, 0.15) is 16.2 Å². The highest BCUT2D eigenvalue weighted by Gasteiger charge is 2.34. The Kier molecular flexibility index (Phi) is 6.91. The van der Waals surface area contributed by atoms with E-state index in [1.54, 1.807) is 23.7 Å². The Morgan fingerprint density at radius 1 is 1.05 bits per heavy atom. The number of carbonyl (C=O) groups excluding carboxylic acids is 2. The minimum atomic E-state index is -3.87. The van der Waals surface area contributed by atoms with Gasteiger partial charge in [0, 0.05) is 49.7 Å². The number of nitrogens with zero attached hydrogens (tertiary/aromatic N) is 5. The van der Waals surface area contributed by atoms with Crippen molar-refractivity contribution in [1.29, 1.82) is 0 Å². The predicted molar refractivity (Wildman–Crippen MR) is 157 cm³/mol. The number of primary sulfonamides is 1. The van der Waals surface area contributed by atoms with Crippen LogP contribution >= 0.6 is 0 Å². The van der Waals surface area contributed by atoms with Gasteiger partial charge in [0.15, 0.2) is 0 Å². The monoisotopic (exact) mass is 587 g/mol. The summed E-state index contributed by atoms with van der Waals surface area (Å²) in [5.41, 5.74) is 4.11. The third-order valence-corrected chi connectivity index (χ3v) is 8.51. The zero-order valence-electron chi connectivity index (χ0n) is 23.0. The van der Waals surface area contributed by atoms with Crippen LogP contribution in [-0.4, -0.2) is 66.9 Å². The number of ketones is 1. The lowest BCUT2D eigenvalue weighted by molar-refractivity contribution is -0.112. The van der Waals surface area contributed by atoms with Crippen LogP contribution in [0.15, 0.2) is 71.9 Å². The number of Topliss-reactive ketones (excluding diaryl/α,β-unsaturated/α-hetero) is 1. The van der Waals surface area contributed by atoms with Gasteiger partial charge in [0.2, 0.25) is 16.0 Å². The number of hydrogen-bond acceptors (Lipinski definition) is 9. The number of aromatic nitrogens is 3. The summed E-state index contributed by atoms with van der Waals surface area (Å²) in [7, 11) is -2.09. The van der Waals surface area contributed by atoms with Crippen molar-refractivity contribution in [2.75, 3.05) is 41.4 Å². The maximum atomic E-state index is 13.3. The van der Waals surface area contributed by atoms with Crippen molar-refractivity contribution in [1.82, 2.24) is 14.5 Å². The molecule has 0 unspecified atom stereocenters. The zero-order valence-corrected chi connectivity index (χ0v) is 23.8. The summed E-state index contributed by atoms with van der Waals surface area (Å²) in [5.74, 6) is -0.333. The number of carbonyl (C=O) groups is 2. The van der Waals surface area contributed by atoms with Gasteiger partial charge < -0.3 is 24.4 Å². The minimum absolute atomic E-state index is 0.00627. The molecule has 42 heavy (non-hydrogen) atoms. The number of aryl methyl sites for hydroxylation is 1. The quantitative estimate of drug-likeness (QED) is 0.256. The van der Waals surface area contributed by atoms with Gasteiger partial charge in [-0.25, -0.2) is 23.5 Å². The lowest BCUT2D eigenvalue weighted by Crippen LogP contribution is -2.57. The Morgan fingerprint density at radius 2 is 1.79 bits per heavy atom. The van der Waals surface area contributed by atoms with Crippen LogP contribution in [0.2, 0.25) is 0 Å². The van der Waals surface area contributed by atoms with Crippen LogP contribution < -0.4 is 25.0 Å². The molecule has 4 aromatic rings. The molecule has 2 aromatic carbocycles. The summed E-state index contributed by atoms with van der Waals surface area (Å²) >= 11 is 0. The molecule has 1 amide bonds.